The summed E-state index contributed by atoms with van der Waals surface area (Å²) in [5, 5.41) is 2.89. The van der Waals surface area contributed by atoms with Gasteiger partial charge in [0.1, 0.15) is 0 Å². The topological polar surface area (TPSA) is 71.5 Å². The molecule has 25 heavy (non-hydrogen) atoms. The lowest BCUT2D eigenvalue weighted by atomic mass is 10.1. The molecule has 2 heterocycles. The van der Waals surface area contributed by atoms with Gasteiger partial charge < -0.3 is 15.0 Å². The van der Waals surface area contributed by atoms with Crippen LogP contribution in [-0.4, -0.2) is 30.5 Å². The number of anilines is 1. The molecule has 0 bridgehead atoms. The number of benzene rings is 1. The lowest BCUT2D eigenvalue weighted by Gasteiger charge is -2.15. The Morgan fingerprint density at radius 2 is 2.04 bits per heavy atom. The Morgan fingerprint density at radius 1 is 1.24 bits per heavy atom. The Hall–Kier alpha value is -2.89. The summed E-state index contributed by atoms with van der Waals surface area (Å²) in [6.07, 6.45) is 3.47. The summed E-state index contributed by atoms with van der Waals surface area (Å²) >= 11 is 0. The van der Waals surface area contributed by atoms with Crippen LogP contribution in [0.5, 0.6) is 5.88 Å². The molecular formula is C19H21N3O3. The number of amides is 2. The molecule has 3 rings (SSSR count). The Bertz CT molecular complexity index is 759. The summed E-state index contributed by atoms with van der Waals surface area (Å²) in [7, 11) is 1.56. The Morgan fingerprint density at radius 3 is 2.72 bits per heavy atom. The molecule has 1 N–H and O–H groups in total. The Kier molecular flexibility index (Phi) is 5.28. The Labute approximate surface area is 146 Å². The molecule has 1 fully saturated rings. The largest absolute Gasteiger partial charge is 0.481 e. The minimum atomic E-state index is -0.0548. The maximum Gasteiger partial charge on any atom is 0.227 e. The minimum absolute atomic E-state index is 0.0548. The normalized spacial score (nSPS) is 13.8. The van der Waals surface area contributed by atoms with Crippen LogP contribution in [0.2, 0.25) is 0 Å². The molecule has 0 spiro atoms. The van der Waals surface area contributed by atoms with Crippen molar-refractivity contribution < 1.29 is 14.3 Å². The molecule has 1 aromatic carbocycles. The molecule has 6 nitrogen and oxygen atoms in total. The molecule has 1 saturated heterocycles. The van der Waals surface area contributed by atoms with Gasteiger partial charge in [-0.1, -0.05) is 12.1 Å². The van der Waals surface area contributed by atoms with Crippen molar-refractivity contribution >= 4 is 17.5 Å². The molecule has 0 radical (unpaired) electrons. The summed E-state index contributed by atoms with van der Waals surface area (Å²) in [5.41, 5.74) is 2.75. The highest BCUT2D eigenvalue weighted by Crippen LogP contribution is 2.21. The number of nitrogens with one attached hydrogen (secondary N) is 1. The first-order valence-electron chi connectivity index (χ1n) is 8.30. The van der Waals surface area contributed by atoms with Crippen molar-refractivity contribution in [2.24, 2.45) is 0 Å². The van der Waals surface area contributed by atoms with Crippen molar-refractivity contribution in [3.8, 4) is 5.88 Å². The first-order chi connectivity index (χ1) is 12.2. The van der Waals surface area contributed by atoms with Gasteiger partial charge in [-0.25, -0.2) is 4.98 Å². The van der Waals surface area contributed by atoms with E-state index in [9.17, 15) is 9.59 Å². The van der Waals surface area contributed by atoms with Gasteiger partial charge in [0.25, 0.3) is 0 Å². The fraction of sp³-hybridized carbons (Fsp3) is 0.316. The molecular weight excluding hydrogens is 318 g/mol. The summed E-state index contributed by atoms with van der Waals surface area (Å²) in [6, 6.07) is 11.2. The van der Waals surface area contributed by atoms with E-state index in [1.54, 1.807) is 24.3 Å². The molecule has 0 unspecified atom stereocenters. The highest BCUT2D eigenvalue weighted by atomic mass is 16.5. The molecule has 0 aliphatic carbocycles. The van der Waals surface area contributed by atoms with Crippen LogP contribution in [-0.2, 0) is 22.6 Å². The van der Waals surface area contributed by atoms with Crippen LogP contribution in [0.4, 0.5) is 5.69 Å². The van der Waals surface area contributed by atoms with E-state index in [-0.39, 0.29) is 11.8 Å². The van der Waals surface area contributed by atoms with Crippen LogP contribution >= 0.6 is 0 Å². The second-order valence-corrected chi connectivity index (χ2v) is 5.98. The molecule has 1 aromatic heterocycles. The zero-order valence-corrected chi connectivity index (χ0v) is 14.2. The maximum absolute atomic E-state index is 12.1. The number of pyridine rings is 1. The second kappa shape index (κ2) is 7.79. The van der Waals surface area contributed by atoms with E-state index in [2.05, 4.69) is 10.3 Å². The third-order valence-electron chi connectivity index (χ3n) is 4.18. The van der Waals surface area contributed by atoms with E-state index in [4.69, 9.17) is 4.74 Å². The predicted octanol–water partition coefficient (Wildman–Crippen LogP) is 2.08. The second-order valence-electron chi connectivity index (χ2n) is 5.98. The molecule has 0 atom stereocenters. The predicted molar refractivity (Wildman–Crippen MR) is 94.4 cm³/mol. The minimum Gasteiger partial charge on any atom is -0.481 e. The molecule has 130 valence electrons. The molecule has 1 aliphatic rings. The highest BCUT2D eigenvalue weighted by Gasteiger charge is 2.21. The van der Waals surface area contributed by atoms with Gasteiger partial charge in [-0.15, -0.1) is 0 Å². The smallest absolute Gasteiger partial charge is 0.227 e. The lowest BCUT2D eigenvalue weighted by Crippen LogP contribution is -2.25. The number of carbonyl (C=O) groups is 2. The number of rotatable bonds is 6. The van der Waals surface area contributed by atoms with Gasteiger partial charge in [0.15, 0.2) is 0 Å². The van der Waals surface area contributed by atoms with Gasteiger partial charge >= 0.3 is 0 Å². The summed E-state index contributed by atoms with van der Waals surface area (Å²) < 4.78 is 5.07. The number of ether oxygens (including phenoxy) is 1. The van der Waals surface area contributed by atoms with E-state index in [0.29, 0.717) is 25.3 Å². The Balaban J connectivity index is 1.53. The quantitative estimate of drug-likeness (QED) is 0.875. The average molecular weight is 339 g/mol. The van der Waals surface area contributed by atoms with Crippen LogP contribution in [0.25, 0.3) is 0 Å². The number of methoxy groups -OCH3 is 1. The van der Waals surface area contributed by atoms with Gasteiger partial charge in [0.05, 0.1) is 13.5 Å². The third kappa shape index (κ3) is 4.35. The van der Waals surface area contributed by atoms with E-state index < -0.39 is 0 Å². The van der Waals surface area contributed by atoms with Gasteiger partial charge in [0.2, 0.25) is 17.7 Å². The zero-order chi connectivity index (χ0) is 17.6. The molecule has 2 amide bonds. The number of carbonyl (C=O) groups excluding carboxylic acids is 2. The van der Waals surface area contributed by atoms with Crippen molar-refractivity contribution in [2.75, 3.05) is 18.6 Å². The average Bonchev–Trinajstić information content (AvgIpc) is 3.07. The molecule has 0 saturated carbocycles. The first kappa shape index (κ1) is 17.0. The van der Waals surface area contributed by atoms with E-state index in [1.807, 2.05) is 30.3 Å². The van der Waals surface area contributed by atoms with Crippen LogP contribution in [0.15, 0.2) is 42.6 Å². The van der Waals surface area contributed by atoms with E-state index >= 15 is 0 Å². The van der Waals surface area contributed by atoms with Crippen molar-refractivity contribution in [2.45, 2.75) is 25.8 Å². The van der Waals surface area contributed by atoms with Crippen molar-refractivity contribution in [1.29, 1.82) is 0 Å². The van der Waals surface area contributed by atoms with Crippen molar-refractivity contribution in [1.82, 2.24) is 10.3 Å². The van der Waals surface area contributed by atoms with Gasteiger partial charge in [-0.3, -0.25) is 9.59 Å². The van der Waals surface area contributed by atoms with Crippen molar-refractivity contribution in [3.05, 3.63) is 53.7 Å². The van der Waals surface area contributed by atoms with Gasteiger partial charge in [0, 0.05) is 37.5 Å². The SMILES string of the molecule is COc1cc(CNC(=O)Cc2ccc(N3CCCC3=O)cc2)ccn1. The van der Waals surface area contributed by atoms with Crippen LogP contribution in [0, 0.1) is 0 Å². The first-order valence-corrected chi connectivity index (χ1v) is 8.30. The number of nitrogens with zero attached hydrogens (tertiary/aromatic N) is 2. The fourth-order valence-corrected chi connectivity index (χ4v) is 2.84. The van der Waals surface area contributed by atoms with Crippen molar-refractivity contribution in [3.63, 3.8) is 0 Å². The third-order valence-corrected chi connectivity index (χ3v) is 4.18. The molecule has 6 heteroatoms. The summed E-state index contributed by atoms with van der Waals surface area (Å²) in [5.74, 6) is 0.637. The van der Waals surface area contributed by atoms with Crippen LogP contribution in [0.3, 0.4) is 0 Å². The van der Waals surface area contributed by atoms with Crippen LogP contribution in [0.1, 0.15) is 24.0 Å². The number of aromatic nitrogens is 1. The van der Waals surface area contributed by atoms with E-state index in [1.165, 1.54) is 0 Å². The monoisotopic (exact) mass is 339 g/mol. The van der Waals surface area contributed by atoms with Gasteiger partial charge in [-0.05, 0) is 35.7 Å². The number of hydrogen-bond donors (Lipinski definition) is 1. The highest BCUT2D eigenvalue weighted by molar-refractivity contribution is 5.95. The summed E-state index contributed by atoms with van der Waals surface area (Å²) in [6.45, 7) is 1.20. The van der Waals surface area contributed by atoms with E-state index in [0.717, 1.165) is 29.8 Å². The van der Waals surface area contributed by atoms with Gasteiger partial charge in [-0.2, -0.15) is 0 Å². The molecule has 1 aliphatic heterocycles. The zero-order valence-electron chi connectivity index (χ0n) is 14.2. The standard InChI is InChI=1S/C19H21N3O3/c1-25-18-12-15(8-9-20-18)13-21-17(23)11-14-4-6-16(7-5-14)22-10-2-3-19(22)24/h4-9,12H,2-3,10-11,13H2,1H3,(H,21,23). The number of hydrogen-bond acceptors (Lipinski definition) is 4. The maximum atomic E-state index is 12.1. The van der Waals surface area contributed by atoms with Crippen LogP contribution < -0.4 is 15.0 Å². The lowest BCUT2D eigenvalue weighted by molar-refractivity contribution is -0.120. The summed E-state index contributed by atoms with van der Waals surface area (Å²) in [4.78, 5) is 29.7. The fourth-order valence-electron chi connectivity index (χ4n) is 2.84. The molecule has 2 aromatic rings.